The monoisotopic (exact) mass is 306 g/mol. The van der Waals surface area contributed by atoms with Gasteiger partial charge in [0.15, 0.2) is 5.75 Å². The van der Waals surface area contributed by atoms with Crippen LogP contribution < -0.4 is 4.74 Å². The number of benzene rings is 1. The summed E-state index contributed by atoms with van der Waals surface area (Å²) in [6.07, 6.45) is 2.42. The van der Waals surface area contributed by atoms with Crippen LogP contribution in [0.4, 0.5) is 0 Å². The maximum absolute atomic E-state index is 9.19. The van der Waals surface area contributed by atoms with Gasteiger partial charge in [-0.15, -0.1) is 0 Å². The van der Waals surface area contributed by atoms with Crippen molar-refractivity contribution in [3.8, 4) is 23.1 Å². The molecule has 0 N–H and O–H groups in total. The van der Waals surface area contributed by atoms with Crippen molar-refractivity contribution in [3.63, 3.8) is 0 Å². The van der Waals surface area contributed by atoms with Gasteiger partial charge >= 0.3 is 0 Å². The molecule has 0 atom stereocenters. The molecule has 1 aromatic heterocycles. The van der Waals surface area contributed by atoms with Gasteiger partial charge in [-0.25, -0.2) is 0 Å². The van der Waals surface area contributed by atoms with Crippen LogP contribution in [0, 0.1) is 11.3 Å². The Morgan fingerprint density at radius 2 is 2.10 bits per heavy atom. The Balaban J connectivity index is 2.41. The molecular formula is C15H12Cl2N2O. The molecule has 0 aliphatic rings. The van der Waals surface area contributed by atoms with E-state index < -0.39 is 0 Å². The van der Waals surface area contributed by atoms with Crippen molar-refractivity contribution >= 4 is 23.2 Å². The predicted octanol–water partition coefficient (Wildman–Crippen LogP) is 4.72. The first-order chi connectivity index (χ1) is 9.65. The van der Waals surface area contributed by atoms with Crippen LogP contribution in [0.15, 0.2) is 30.5 Å². The van der Waals surface area contributed by atoms with Crippen molar-refractivity contribution < 1.29 is 4.74 Å². The quantitative estimate of drug-likeness (QED) is 0.821. The highest BCUT2D eigenvalue weighted by Gasteiger charge is 2.10. The fraction of sp³-hybridized carbons (Fsp3) is 0.200. The molecule has 0 radical (unpaired) electrons. The van der Waals surface area contributed by atoms with Gasteiger partial charge in [-0.1, -0.05) is 30.1 Å². The van der Waals surface area contributed by atoms with Gasteiger partial charge in [-0.3, -0.25) is 4.98 Å². The SMILES string of the molecule is CCCOc1cnc(-c2ccc(Cl)cc2Cl)cc1C#N. The smallest absolute Gasteiger partial charge is 0.155 e. The van der Waals surface area contributed by atoms with Crippen molar-refractivity contribution in [2.24, 2.45) is 0 Å². The number of ether oxygens (including phenoxy) is 1. The Hall–Kier alpha value is -1.76. The Bertz CT molecular complexity index is 665. The van der Waals surface area contributed by atoms with Crippen LogP contribution in [0.2, 0.25) is 10.0 Å². The molecule has 5 heteroatoms. The van der Waals surface area contributed by atoms with Crippen molar-refractivity contribution in [3.05, 3.63) is 46.1 Å². The molecular weight excluding hydrogens is 295 g/mol. The summed E-state index contributed by atoms with van der Waals surface area (Å²) in [5, 5.41) is 10.2. The van der Waals surface area contributed by atoms with E-state index in [0.717, 1.165) is 12.0 Å². The molecule has 2 rings (SSSR count). The van der Waals surface area contributed by atoms with E-state index in [4.69, 9.17) is 27.9 Å². The lowest BCUT2D eigenvalue weighted by molar-refractivity contribution is 0.315. The topological polar surface area (TPSA) is 45.9 Å². The van der Waals surface area contributed by atoms with E-state index in [0.29, 0.717) is 33.7 Å². The van der Waals surface area contributed by atoms with E-state index in [-0.39, 0.29) is 0 Å². The molecule has 20 heavy (non-hydrogen) atoms. The number of hydrogen-bond acceptors (Lipinski definition) is 3. The highest BCUT2D eigenvalue weighted by Crippen LogP contribution is 2.31. The molecule has 102 valence electrons. The minimum atomic E-state index is 0.439. The average molecular weight is 307 g/mol. The van der Waals surface area contributed by atoms with E-state index >= 15 is 0 Å². The number of pyridine rings is 1. The van der Waals surface area contributed by atoms with Gasteiger partial charge in [-0.2, -0.15) is 5.26 Å². The second-order valence-corrected chi connectivity index (χ2v) is 4.99. The summed E-state index contributed by atoms with van der Waals surface area (Å²) in [6, 6.07) is 8.94. The summed E-state index contributed by atoms with van der Waals surface area (Å²) >= 11 is 12.0. The van der Waals surface area contributed by atoms with Crippen LogP contribution in [0.1, 0.15) is 18.9 Å². The normalized spacial score (nSPS) is 10.1. The maximum Gasteiger partial charge on any atom is 0.155 e. The third kappa shape index (κ3) is 3.22. The zero-order valence-corrected chi connectivity index (χ0v) is 12.4. The van der Waals surface area contributed by atoms with Crippen molar-refractivity contribution in [1.29, 1.82) is 5.26 Å². The first-order valence-electron chi connectivity index (χ1n) is 6.14. The Morgan fingerprint density at radius 3 is 2.75 bits per heavy atom. The van der Waals surface area contributed by atoms with E-state index in [9.17, 15) is 5.26 Å². The van der Waals surface area contributed by atoms with Gasteiger partial charge in [-0.05, 0) is 30.7 Å². The lowest BCUT2D eigenvalue weighted by Gasteiger charge is -2.09. The van der Waals surface area contributed by atoms with E-state index in [1.54, 1.807) is 30.5 Å². The van der Waals surface area contributed by atoms with Crippen LogP contribution in [0.25, 0.3) is 11.3 Å². The summed E-state index contributed by atoms with van der Waals surface area (Å²) in [4.78, 5) is 4.30. The van der Waals surface area contributed by atoms with Crippen LogP contribution in [0.5, 0.6) is 5.75 Å². The fourth-order valence-electron chi connectivity index (χ4n) is 1.70. The van der Waals surface area contributed by atoms with Crippen molar-refractivity contribution in [2.45, 2.75) is 13.3 Å². The number of halogens is 2. The lowest BCUT2D eigenvalue weighted by Crippen LogP contribution is -1.99. The van der Waals surface area contributed by atoms with Gasteiger partial charge in [0.1, 0.15) is 6.07 Å². The number of rotatable bonds is 4. The summed E-state index contributed by atoms with van der Waals surface area (Å²) in [5.41, 5.74) is 1.79. The summed E-state index contributed by atoms with van der Waals surface area (Å²) in [6.45, 7) is 2.55. The molecule has 0 aliphatic heterocycles. The minimum absolute atomic E-state index is 0.439. The zero-order valence-electron chi connectivity index (χ0n) is 10.9. The van der Waals surface area contributed by atoms with Gasteiger partial charge in [0, 0.05) is 10.6 Å². The number of nitriles is 1. The van der Waals surface area contributed by atoms with Gasteiger partial charge in [0.2, 0.25) is 0 Å². The molecule has 0 saturated carbocycles. The van der Waals surface area contributed by atoms with E-state index in [2.05, 4.69) is 11.1 Å². The molecule has 0 spiro atoms. The van der Waals surface area contributed by atoms with Crippen molar-refractivity contribution in [1.82, 2.24) is 4.98 Å². The average Bonchev–Trinajstić information content (AvgIpc) is 2.45. The Morgan fingerprint density at radius 1 is 1.30 bits per heavy atom. The van der Waals surface area contributed by atoms with Gasteiger partial charge in [0.05, 0.1) is 29.1 Å². The molecule has 0 bridgehead atoms. The Kier molecular flexibility index (Phi) is 4.84. The van der Waals surface area contributed by atoms with E-state index in [1.165, 1.54) is 0 Å². The highest BCUT2D eigenvalue weighted by atomic mass is 35.5. The standard InChI is InChI=1S/C15H12Cl2N2O/c1-2-5-20-15-9-19-14(6-10(15)8-18)12-4-3-11(16)7-13(12)17/h3-4,6-7,9H,2,5H2,1H3. The molecule has 0 fully saturated rings. The third-order valence-electron chi connectivity index (χ3n) is 2.66. The summed E-state index contributed by atoms with van der Waals surface area (Å²) in [5.74, 6) is 0.489. The molecule has 1 heterocycles. The summed E-state index contributed by atoms with van der Waals surface area (Å²) < 4.78 is 5.48. The first kappa shape index (κ1) is 14.6. The second-order valence-electron chi connectivity index (χ2n) is 4.15. The number of hydrogen-bond donors (Lipinski definition) is 0. The highest BCUT2D eigenvalue weighted by molar-refractivity contribution is 6.36. The molecule has 2 aromatic rings. The predicted molar refractivity (Wildman–Crippen MR) is 80.2 cm³/mol. The van der Waals surface area contributed by atoms with Gasteiger partial charge in [0.25, 0.3) is 0 Å². The summed E-state index contributed by atoms with van der Waals surface area (Å²) in [7, 11) is 0. The molecule has 1 aromatic carbocycles. The first-order valence-corrected chi connectivity index (χ1v) is 6.89. The zero-order chi connectivity index (χ0) is 14.5. The Labute approximate surface area is 127 Å². The van der Waals surface area contributed by atoms with Gasteiger partial charge < -0.3 is 4.74 Å². The third-order valence-corrected chi connectivity index (χ3v) is 3.20. The molecule has 0 aliphatic carbocycles. The number of aromatic nitrogens is 1. The molecule has 0 saturated heterocycles. The molecule has 0 amide bonds. The van der Waals surface area contributed by atoms with Crippen LogP contribution in [-0.2, 0) is 0 Å². The largest absolute Gasteiger partial charge is 0.491 e. The van der Waals surface area contributed by atoms with Crippen LogP contribution in [-0.4, -0.2) is 11.6 Å². The van der Waals surface area contributed by atoms with E-state index in [1.807, 2.05) is 6.92 Å². The fourth-order valence-corrected chi connectivity index (χ4v) is 2.21. The maximum atomic E-state index is 9.19. The second kappa shape index (κ2) is 6.60. The minimum Gasteiger partial charge on any atom is -0.491 e. The van der Waals surface area contributed by atoms with Crippen LogP contribution in [0.3, 0.4) is 0 Å². The lowest BCUT2D eigenvalue weighted by atomic mass is 10.1. The van der Waals surface area contributed by atoms with Crippen LogP contribution >= 0.6 is 23.2 Å². The molecule has 3 nitrogen and oxygen atoms in total. The van der Waals surface area contributed by atoms with Crippen molar-refractivity contribution in [2.75, 3.05) is 6.61 Å². The molecule has 0 unspecified atom stereocenters. The number of nitrogens with zero attached hydrogens (tertiary/aromatic N) is 2.